The molecule has 1 aromatic carbocycles. The number of nitrogens with zero attached hydrogens (tertiary/aromatic N) is 1. The van der Waals surface area contributed by atoms with Gasteiger partial charge in [-0.1, -0.05) is 25.1 Å². The van der Waals surface area contributed by atoms with Crippen LogP contribution in [0.1, 0.15) is 29.5 Å². The zero-order valence-corrected chi connectivity index (χ0v) is 14.1. The first-order valence-corrected chi connectivity index (χ1v) is 8.17. The van der Waals surface area contributed by atoms with E-state index in [9.17, 15) is 14.7 Å². The van der Waals surface area contributed by atoms with Gasteiger partial charge in [0.15, 0.2) is 0 Å². The van der Waals surface area contributed by atoms with E-state index in [1.165, 1.54) is 17.2 Å². The molecular formula is C19H22N2O4. The van der Waals surface area contributed by atoms with E-state index in [1.807, 2.05) is 13.0 Å². The third-order valence-electron chi connectivity index (χ3n) is 3.50. The van der Waals surface area contributed by atoms with Crippen LogP contribution in [0.5, 0.6) is 0 Å². The van der Waals surface area contributed by atoms with Gasteiger partial charge in [-0.3, -0.25) is 9.59 Å². The van der Waals surface area contributed by atoms with Gasteiger partial charge in [-0.2, -0.15) is 0 Å². The number of nitrogens with one attached hydrogen (secondary N) is 1. The number of hydrogen-bond donors (Lipinski definition) is 2. The van der Waals surface area contributed by atoms with E-state index in [-0.39, 0.29) is 30.7 Å². The molecule has 0 aliphatic carbocycles. The minimum Gasteiger partial charge on any atom is -0.465 e. The number of carbonyl (C=O) groups excluding carboxylic acids is 2. The highest BCUT2D eigenvalue weighted by molar-refractivity contribution is 6.05. The molecule has 0 fully saturated rings. The molecule has 0 spiro atoms. The third-order valence-corrected chi connectivity index (χ3v) is 3.50. The van der Waals surface area contributed by atoms with Crippen LogP contribution in [0.2, 0.25) is 0 Å². The average molecular weight is 342 g/mol. The van der Waals surface area contributed by atoms with Crippen LogP contribution < -0.4 is 5.32 Å². The highest BCUT2D eigenvalue weighted by atomic mass is 16.3. The molecule has 0 unspecified atom stereocenters. The Kier molecular flexibility index (Phi) is 6.98. The second-order valence-corrected chi connectivity index (χ2v) is 5.41. The molecule has 2 rings (SSSR count). The van der Waals surface area contributed by atoms with Crippen molar-refractivity contribution in [1.29, 1.82) is 0 Å². The SMILES string of the molecule is CCCN(CCO)C(=O)/C(=C/c1ccco1)NC(=O)c1ccccc1. The Morgan fingerprint density at radius 3 is 2.52 bits per heavy atom. The molecule has 0 aliphatic rings. The summed E-state index contributed by atoms with van der Waals surface area (Å²) in [7, 11) is 0. The van der Waals surface area contributed by atoms with E-state index in [2.05, 4.69) is 5.32 Å². The monoisotopic (exact) mass is 342 g/mol. The molecule has 0 saturated heterocycles. The van der Waals surface area contributed by atoms with Crippen LogP contribution in [0.15, 0.2) is 58.8 Å². The van der Waals surface area contributed by atoms with Gasteiger partial charge in [0.2, 0.25) is 0 Å². The molecule has 6 heteroatoms. The van der Waals surface area contributed by atoms with Crippen molar-refractivity contribution in [1.82, 2.24) is 10.2 Å². The molecule has 2 amide bonds. The molecule has 0 atom stereocenters. The van der Waals surface area contributed by atoms with Gasteiger partial charge in [-0.15, -0.1) is 0 Å². The van der Waals surface area contributed by atoms with Crippen LogP contribution in [-0.4, -0.2) is 41.5 Å². The Balaban J connectivity index is 2.27. The number of carbonyl (C=O) groups is 2. The van der Waals surface area contributed by atoms with E-state index in [1.54, 1.807) is 36.4 Å². The van der Waals surface area contributed by atoms with E-state index < -0.39 is 0 Å². The largest absolute Gasteiger partial charge is 0.465 e. The maximum absolute atomic E-state index is 12.8. The van der Waals surface area contributed by atoms with Crippen LogP contribution >= 0.6 is 0 Å². The summed E-state index contributed by atoms with van der Waals surface area (Å²) in [5.74, 6) is -0.291. The fourth-order valence-electron chi connectivity index (χ4n) is 2.33. The molecular weight excluding hydrogens is 320 g/mol. The van der Waals surface area contributed by atoms with Crippen molar-refractivity contribution in [3.8, 4) is 0 Å². The number of furan rings is 1. The second kappa shape index (κ2) is 9.44. The van der Waals surface area contributed by atoms with Crippen molar-refractivity contribution in [3.05, 3.63) is 65.7 Å². The summed E-state index contributed by atoms with van der Waals surface area (Å²) in [6, 6.07) is 12.0. The van der Waals surface area contributed by atoms with Gasteiger partial charge in [0, 0.05) is 24.7 Å². The molecule has 2 aromatic rings. The Morgan fingerprint density at radius 2 is 1.92 bits per heavy atom. The lowest BCUT2D eigenvalue weighted by molar-refractivity contribution is -0.127. The third kappa shape index (κ3) is 5.32. The van der Waals surface area contributed by atoms with Crippen LogP contribution in [0.3, 0.4) is 0 Å². The molecule has 1 aromatic heterocycles. The first-order valence-electron chi connectivity index (χ1n) is 8.17. The smallest absolute Gasteiger partial charge is 0.270 e. The maximum atomic E-state index is 12.8. The number of hydrogen-bond acceptors (Lipinski definition) is 4. The minimum atomic E-state index is -0.382. The number of benzene rings is 1. The summed E-state index contributed by atoms with van der Waals surface area (Å²) >= 11 is 0. The summed E-state index contributed by atoms with van der Waals surface area (Å²) in [5.41, 5.74) is 0.551. The van der Waals surface area contributed by atoms with Crippen molar-refractivity contribution < 1.29 is 19.1 Å². The van der Waals surface area contributed by atoms with Crippen molar-refractivity contribution in [2.24, 2.45) is 0 Å². The first-order chi connectivity index (χ1) is 12.2. The molecule has 25 heavy (non-hydrogen) atoms. The molecule has 0 bridgehead atoms. The van der Waals surface area contributed by atoms with Crippen molar-refractivity contribution in [2.45, 2.75) is 13.3 Å². The lowest BCUT2D eigenvalue weighted by Gasteiger charge is -2.22. The summed E-state index contributed by atoms with van der Waals surface area (Å²) in [6.07, 6.45) is 3.72. The van der Waals surface area contributed by atoms with Gasteiger partial charge in [0.1, 0.15) is 11.5 Å². The molecule has 6 nitrogen and oxygen atoms in total. The van der Waals surface area contributed by atoms with Gasteiger partial charge in [-0.05, 0) is 30.7 Å². The van der Waals surface area contributed by atoms with Gasteiger partial charge < -0.3 is 19.7 Å². The maximum Gasteiger partial charge on any atom is 0.270 e. The fraction of sp³-hybridized carbons (Fsp3) is 0.263. The zero-order chi connectivity index (χ0) is 18.1. The Bertz CT molecular complexity index is 702. The van der Waals surface area contributed by atoms with Gasteiger partial charge >= 0.3 is 0 Å². The van der Waals surface area contributed by atoms with Crippen molar-refractivity contribution >= 4 is 17.9 Å². The fourth-order valence-corrected chi connectivity index (χ4v) is 2.33. The first kappa shape index (κ1) is 18.5. The number of amides is 2. The molecule has 1 heterocycles. The van der Waals surface area contributed by atoms with E-state index in [0.29, 0.717) is 17.9 Å². The van der Waals surface area contributed by atoms with Crippen LogP contribution in [0.4, 0.5) is 0 Å². The highest BCUT2D eigenvalue weighted by Gasteiger charge is 2.20. The van der Waals surface area contributed by atoms with Crippen molar-refractivity contribution in [2.75, 3.05) is 19.7 Å². The normalized spacial score (nSPS) is 11.2. The quantitative estimate of drug-likeness (QED) is 0.721. The highest BCUT2D eigenvalue weighted by Crippen LogP contribution is 2.10. The predicted molar refractivity (Wildman–Crippen MR) is 94.6 cm³/mol. The topological polar surface area (TPSA) is 82.8 Å². The molecule has 0 aliphatic heterocycles. The zero-order valence-electron chi connectivity index (χ0n) is 14.1. The lowest BCUT2D eigenvalue weighted by atomic mass is 10.2. The molecule has 0 radical (unpaired) electrons. The Hall–Kier alpha value is -2.86. The van der Waals surface area contributed by atoms with E-state index in [4.69, 9.17) is 4.42 Å². The number of aliphatic hydroxyl groups excluding tert-OH is 1. The Morgan fingerprint density at radius 1 is 1.16 bits per heavy atom. The van der Waals surface area contributed by atoms with Gasteiger partial charge in [-0.25, -0.2) is 0 Å². The molecule has 0 saturated carbocycles. The van der Waals surface area contributed by atoms with Crippen LogP contribution in [-0.2, 0) is 4.79 Å². The average Bonchev–Trinajstić information content (AvgIpc) is 3.14. The minimum absolute atomic E-state index is 0.103. The summed E-state index contributed by atoms with van der Waals surface area (Å²) in [6.45, 7) is 2.47. The lowest BCUT2D eigenvalue weighted by Crippen LogP contribution is -2.40. The molecule has 2 N–H and O–H groups in total. The standard InChI is InChI=1S/C19H22N2O4/c1-2-10-21(11-12-22)19(24)17(14-16-9-6-13-25-16)20-18(23)15-7-4-3-5-8-15/h3-9,13-14,22H,2,10-12H2,1H3,(H,20,23)/b17-14-. The Labute approximate surface area is 146 Å². The summed E-state index contributed by atoms with van der Waals surface area (Å²) in [4.78, 5) is 26.7. The summed E-state index contributed by atoms with van der Waals surface area (Å²) in [5, 5.41) is 11.8. The van der Waals surface area contributed by atoms with Gasteiger partial charge in [0.25, 0.3) is 11.8 Å². The van der Waals surface area contributed by atoms with E-state index in [0.717, 1.165) is 6.42 Å². The summed E-state index contributed by atoms with van der Waals surface area (Å²) < 4.78 is 5.25. The van der Waals surface area contributed by atoms with Gasteiger partial charge in [0.05, 0.1) is 12.9 Å². The van der Waals surface area contributed by atoms with Crippen molar-refractivity contribution in [3.63, 3.8) is 0 Å². The second-order valence-electron chi connectivity index (χ2n) is 5.41. The molecule has 132 valence electrons. The number of rotatable bonds is 8. The van der Waals surface area contributed by atoms with E-state index >= 15 is 0 Å². The van der Waals surface area contributed by atoms with Crippen LogP contribution in [0.25, 0.3) is 6.08 Å². The van der Waals surface area contributed by atoms with Crippen LogP contribution in [0, 0.1) is 0 Å². The predicted octanol–water partition coefficient (Wildman–Crippen LogP) is 2.28. The number of aliphatic hydroxyl groups is 1.